The molecule has 0 bridgehead atoms. The van der Waals surface area contributed by atoms with Gasteiger partial charge in [0.05, 0.1) is 11.3 Å². The maximum atomic E-state index is 13.0. The molecule has 41 heavy (non-hydrogen) atoms. The SMILES string of the molecule is CCNC(=O)c1noc(-c2cc(C(C)C)c(OCc3ccccc3)cc2OCc2ccccc2)c1-c1cc(C)no1. The molecule has 2 aromatic heterocycles. The number of carbonyl (C=O) groups is 1. The molecule has 210 valence electrons. The van der Waals surface area contributed by atoms with Gasteiger partial charge in [-0.05, 0) is 42.5 Å². The Morgan fingerprint density at radius 1 is 0.854 bits per heavy atom. The third-order valence-corrected chi connectivity index (χ3v) is 6.57. The number of aromatic nitrogens is 2. The van der Waals surface area contributed by atoms with Crippen LogP contribution in [-0.2, 0) is 13.2 Å². The van der Waals surface area contributed by atoms with Crippen molar-refractivity contribution in [2.75, 3.05) is 6.54 Å². The Bertz CT molecular complexity index is 1610. The van der Waals surface area contributed by atoms with Gasteiger partial charge in [0.2, 0.25) is 0 Å². The topological polar surface area (TPSA) is 99.6 Å². The summed E-state index contributed by atoms with van der Waals surface area (Å²) >= 11 is 0. The maximum Gasteiger partial charge on any atom is 0.274 e. The monoisotopic (exact) mass is 551 g/mol. The summed E-state index contributed by atoms with van der Waals surface area (Å²) in [5.41, 5.74) is 4.84. The summed E-state index contributed by atoms with van der Waals surface area (Å²) in [4.78, 5) is 13.0. The minimum Gasteiger partial charge on any atom is -0.488 e. The largest absolute Gasteiger partial charge is 0.488 e. The van der Waals surface area contributed by atoms with Crippen molar-refractivity contribution in [1.29, 1.82) is 0 Å². The van der Waals surface area contributed by atoms with Gasteiger partial charge in [0.25, 0.3) is 5.91 Å². The van der Waals surface area contributed by atoms with E-state index in [0.717, 1.165) is 16.7 Å². The number of benzene rings is 3. The third-order valence-electron chi connectivity index (χ3n) is 6.57. The van der Waals surface area contributed by atoms with E-state index in [0.29, 0.717) is 59.6 Å². The number of hydrogen-bond donors (Lipinski definition) is 1. The van der Waals surface area contributed by atoms with Gasteiger partial charge in [0.15, 0.2) is 17.2 Å². The molecule has 2 heterocycles. The predicted octanol–water partition coefficient (Wildman–Crippen LogP) is 7.34. The number of aryl methyl sites for hydroxylation is 1. The van der Waals surface area contributed by atoms with Gasteiger partial charge < -0.3 is 23.8 Å². The lowest BCUT2D eigenvalue weighted by molar-refractivity contribution is 0.0947. The summed E-state index contributed by atoms with van der Waals surface area (Å²) in [5, 5.41) is 11.0. The normalized spacial score (nSPS) is 11.0. The summed E-state index contributed by atoms with van der Waals surface area (Å²) in [7, 11) is 0. The number of nitrogens with one attached hydrogen (secondary N) is 1. The van der Waals surface area contributed by atoms with E-state index >= 15 is 0 Å². The number of ether oxygens (including phenoxy) is 2. The van der Waals surface area contributed by atoms with Crippen molar-refractivity contribution in [3.05, 3.63) is 107 Å². The summed E-state index contributed by atoms with van der Waals surface area (Å²) < 4.78 is 24.2. The van der Waals surface area contributed by atoms with Crippen LogP contribution < -0.4 is 14.8 Å². The summed E-state index contributed by atoms with van der Waals surface area (Å²) in [6, 6.07) is 25.5. The Balaban J connectivity index is 1.64. The third kappa shape index (κ3) is 6.32. The van der Waals surface area contributed by atoms with E-state index in [1.54, 1.807) is 6.07 Å². The van der Waals surface area contributed by atoms with Crippen molar-refractivity contribution in [3.8, 4) is 34.1 Å². The molecule has 0 aliphatic heterocycles. The zero-order valence-corrected chi connectivity index (χ0v) is 23.6. The van der Waals surface area contributed by atoms with Crippen LogP contribution in [0.25, 0.3) is 22.6 Å². The van der Waals surface area contributed by atoms with Gasteiger partial charge in [-0.3, -0.25) is 4.79 Å². The van der Waals surface area contributed by atoms with Crippen molar-refractivity contribution in [2.45, 2.75) is 46.8 Å². The van der Waals surface area contributed by atoms with E-state index in [-0.39, 0.29) is 17.5 Å². The fourth-order valence-electron chi connectivity index (χ4n) is 4.50. The first-order chi connectivity index (χ1) is 19.9. The highest BCUT2D eigenvalue weighted by Gasteiger charge is 2.30. The van der Waals surface area contributed by atoms with Crippen LogP contribution in [-0.4, -0.2) is 22.8 Å². The van der Waals surface area contributed by atoms with Gasteiger partial charge in [0, 0.05) is 18.7 Å². The van der Waals surface area contributed by atoms with Crippen molar-refractivity contribution in [3.63, 3.8) is 0 Å². The van der Waals surface area contributed by atoms with E-state index in [1.165, 1.54) is 0 Å². The molecule has 0 aliphatic carbocycles. The highest BCUT2D eigenvalue weighted by atomic mass is 16.5. The Morgan fingerprint density at radius 3 is 2.05 bits per heavy atom. The average Bonchev–Trinajstić information content (AvgIpc) is 3.62. The molecule has 0 aliphatic rings. The number of rotatable bonds is 11. The Labute approximate surface area is 239 Å². The number of hydrogen-bond acceptors (Lipinski definition) is 7. The molecular weight excluding hydrogens is 518 g/mol. The van der Waals surface area contributed by atoms with Gasteiger partial charge in [-0.1, -0.05) is 84.8 Å². The van der Waals surface area contributed by atoms with Gasteiger partial charge in [0.1, 0.15) is 30.3 Å². The molecule has 1 amide bonds. The standard InChI is InChI=1S/C33H33N3O5/c1-5-34-33(37)31-30(29-16-22(4)35-40-29)32(41-36-31)26-17-25(21(2)3)27(38-19-23-12-8-6-9-13-23)18-28(26)39-20-24-14-10-7-11-15-24/h6-18,21H,5,19-20H2,1-4H3,(H,34,37). The molecule has 0 fully saturated rings. The molecule has 5 rings (SSSR count). The first kappa shape index (κ1) is 27.7. The lowest BCUT2D eigenvalue weighted by atomic mass is 9.95. The van der Waals surface area contributed by atoms with E-state index in [4.69, 9.17) is 18.5 Å². The molecular formula is C33H33N3O5. The molecule has 8 nitrogen and oxygen atoms in total. The molecule has 0 atom stereocenters. The van der Waals surface area contributed by atoms with Gasteiger partial charge >= 0.3 is 0 Å². The minimum atomic E-state index is -0.370. The van der Waals surface area contributed by atoms with Crippen molar-refractivity contribution < 1.29 is 23.3 Å². The highest BCUT2D eigenvalue weighted by Crippen LogP contribution is 2.44. The van der Waals surface area contributed by atoms with Crippen LogP contribution in [0.2, 0.25) is 0 Å². The summed E-state index contributed by atoms with van der Waals surface area (Å²) in [6.07, 6.45) is 0. The Hall–Kier alpha value is -4.85. The van der Waals surface area contributed by atoms with Crippen LogP contribution in [0.1, 0.15) is 59.6 Å². The van der Waals surface area contributed by atoms with Crippen molar-refractivity contribution in [1.82, 2.24) is 15.6 Å². The second kappa shape index (κ2) is 12.6. The predicted molar refractivity (Wildman–Crippen MR) is 156 cm³/mol. The molecule has 0 unspecified atom stereocenters. The van der Waals surface area contributed by atoms with Crippen LogP contribution in [0.4, 0.5) is 0 Å². The second-order valence-corrected chi connectivity index (χ2v) is 10.0. The van der Waals surface area contributed by atoms with Crippen molar-refractivity contribution >= 4 is 5.91 Å². The van der Waals surface area contributed by atoms with E-state index < -0.39 is 0 Å². The fourth-order valence-corrected chi connectivity index (χ4v) is 4.50. The maximum absolute atomic E-state index is 13.0. The molecule has 0 saturated heterocycles. The Kier molecular flexibility index (Phi) is 8.48. The molecule has 0 saturated carbocycles. The Morgan fingerprint density at radius 2 is 1.49 bits per heavy atom. The lowest BCUT2D eigenvalue weighted by Crippen LogP contribution is -2.23. The highest BCUT2D eigenvalue weighted by molar-refractivity contribution is 6.01. The minimum absolute atomic E-state index is 0.113. The van der Waals surface area contributed by atoms with Crippen LogP contribution in [0, 0.1) is 6.92 Å². The van der Waals surface area contributed by atoms with Gasteiger partial charge in [-0.2, -0.15) is 0 Å². The molecule has 0 spiro atoms. The van der Waals surface area contributed by atoms with Crippen LogP contribution in [0.15, 0.2) is 87.9 Å². The zero-order valence-electron chi connectivity index (χ0n) is 23.6. The average molecular weight is 552 g/mol. The summed E-state index contributed by atoms with van der Waals surface area (Å²) in [5.74, 6) is 1.70. The first-order valence-electron chi connectivity index (χ1n) is 13.7. The number of nitrogens with zero attached hydrogens (tertiary/aromatic N) is 2. The molecule has 3 aromatic carbocycles. The van der Waals surface area contributed by atoms with Crippen molar-refractivity contribution in [2.24, 2.45) is 0 Å². The van der Waals surface area contributed by atoms with E-state index in [9.17, 15) is 4.79 Å². The van der Waals surface area contributed by atoms with E-state index in [2.05, 4.69) is 29.5 Å². The van der Waals surface area contributed by atoms with Gasteiger partial charge in [-0.15, -0.1) is 0 Å². The lowest BCUT2D eigenvalue weighted by Gasteiger charge is -2.19. The smallest absolute Gasteiger partial charge is 0.274 e. The molecule has 0 radical (unpaired) electrons. The number of amides is 1. The van der Waals surface area contributed by atoms with Crippen LogP contribution in [0.3, 0.4) is 0 Å². The zero-order chi connectivity index (χ0) is 28.8. The fraction of sp³-hybridized carbons (Fsp3) is 0.242. The molecule has 1 N–H and O–H groups in total. The van der Waals surface area contributed by atoms with E-state index in [1.807, 2.05) is 86.6 Å². The molecule has 5 aromatic rings. The number of carbonyl (C=O) groups excluding carboxylic acids is 1. The second-order valence-electron chi connectivity index (χ2n) is 10.0. The molecule has 8 heteroatoms. The van der Waals surface area contributed by atoms with Crippen LogP contribution >= 0.6 is 0 Å². The quantitative estimate of drug-likeness (QED) is 0.183. The van der Waals surface area contributed by atoms with Crippen LogP contribution in [0.5, 0.6) is 11.5 Å². The summed E-state index contributed by atoms with van der Waals surface area (Å²) in [6.45, 7) is 9.02. The van der Waals surface area contributed by atoms with Gasteiger partial charge in [-0.25, -0.2) is 0 Å². The first-order valence-corrected chi connectivity index (χ1v) is 13.7.